The number of anilines is 2. The molecule has 8 heteroatoms. The van der Waals surface area contributed by atoms with E-state index in [0.717, 1.165) is 16.6 Å². The Labute approximate surface area is 151 Å². The van der Waals surface area contributed by atoms with Crippen molar-refractivity contribution < 1.29 is 9.53 Å². The van der Waals surface area contributed by atoms with Gasteiger partial charge in [-0.25, -0.2) is 0 Å². The third-order valence-corrected chi connectivity index (χ3v) is 3.69. The minimum Gasteiger partial charge on any atom is -0.457 e. The van der Waals surface area contributed by atoms with Gasteiger partial charge in [0.05, 0.1) is 11.9 Å². The molecule has 134 valence electrons. The van der Waals surface area contributed by atoms with Gasteiger partial charge < -0.3 is 15.4 Å². The molecule has 3 rings (SSSR count). The number of rotatable bonds is 6. The van der Waals surface area contributed by atoms with E-state index in [1.807, 2.05) is 36.4 Å². The Morgan fingerprint density at radius 2 is 1.88 bits per heavy atom. The summed E-state index contributed by atoms with van der Waals surface area (Å²) in [4.78, 5) is 30.4. The second kappa shape index (κ2) is 7.73. The Bertz CT molecular complexity index is 928. The molecule has 0 amide bonds. The second-order valence-corrected chi connectivity index (χ2v) is 5.96. The van der Waals surface area contributed by atoms with E-state index in [9.17, 15) is 4.79 Å². The van der Waals surface area contributed by atoms with Crippen molar-refractivity contribution in [2.24, 2.45) is 0 Å². The van der Waals surface area contributed by atoms with Crippen LogP contribution < -0.4 is 10.6 Å². The summed E-state index contributed by atoms with van der Waals surface area (Å²) in [5.41, 5.74) is 7.41. The van der Waals surface area contributed by atoms with Crippen molar-refractivity contribution in [2.75, 3.05) is 24.7 Å². The molecule has 0 aliphatic carbocycles. The maximum Gasteiger partial charge on any atom is 0.306 e. The number of esters is 1. The van der Waals surface area contributed by atoms with Gasteiger partial charge in [0.25, 0.3) is 0 Å². The lowest BCUT2D eigenvalue weighted by molar-refractivity contribution is -0.145. The molecule has 2 heterocycles. The first-order chi connectivity index (χ1) is 12.5. The lowest BCUT2D eigenvalue weighted by Gasteiger charge is -2.11. The van der Waals surface area contributed by atoms with E-state index in [1.54, 1.807) is 19.0 Å². The fraction of sp³-hybridized carbons (Fsp3) is 0.278. The van der Waals surface area contributed by atoms with E-state index in [1.165, 1.54) is 0 Å². The molecule has 2 N–H and O–H groups in total. The van der Waals surface area contributed by atoms with Crippen LogP contribution in [0.25, 0.3) is 10.9 Å². The van der Waals surface area contributed by atoms with Gasteiger partial charge in [-0.2, -0.15) is 15.0 Å². The molecule has 0 unspecified atom stereocenters. The standard InChI is InChI=1S/C18H20N6O2/c1-24(2)18-22-15(21-17(19)23-18)11-26-16(25)10-9-13-8-7-12-5-3-4-6-14(12)20-13/h3-8H,9-11H2,1-2H3,(H2,19,21,22,23). The van der Waals surface area contributed by atoms with E-state index in [-0.39, 0.29) is 24.9 Å². The van der Waals surface area contributed by atoms with E-state index in [2.05, 4.69) is 19.9 Å². The zero-order valence-electron chi connectivity index (χ0n) is 14.7. The van der Waals surface area contributed by atoms with Gasteiger partial charge in [0.1, 0.15) is 0 Å². The number of fused-ring (bicyclic) bond motifs is 1. The summed E-state index contributed by atoms with van der Waals surface area (Å²) in [5.74, 6) is 0.489. The predicted molar refractivity (Wildman–Crippen MR) is 98.4 cm³/mol. The number of hydrogen-bond donors (Lipinski definition) is 1. The molecule has 0 radical (unpaired) electrons. The summed E-state index contributed by atoms with van der Waals surface area (Å²) in [7, 11) is 3.59. The Balaban J connectivity index is 1.55. The lowest BCUT2D eigenvalue weighted by atomic mass is 10.1. The lowest BCUT2D eigenvalue weighted by Crippen LogP contribution is -2.17. The van der Waals surface area contributed by atoms with Crippen molar-refractivity contribution in [1.82, 2.24) is 19.9 Å². The van der Waals surface area contributed by atoms with Crippen molar-refractivity contribution in [3.8, 4) is 0 Å². The number of para-hydroxylation sites is 1. The fourth-order valence-electron chi connectivity index (χ4n) is 2.38. The normalized spacial score (nSPS) is 10.7. The molecule has 0 saturated carbocycles. The predicted octanol–water partition coefficient (Wildman–Crippen LogP) is 1.74. The van der Waals surface area contributed by atoms with Crippen LogP contribution in [0.15, 0.2) is 36.4 Å². The number of nitrogen functional groups attached to an aromatic ring is 1. The monoisotopic (exact) mass is 352 g/mol. The topological polar surface area (TPSA) is 107 Å². The average Bonchev–Trinajstić information content (AvgIpc) is 2.64. The molecule has 0 aliphatic heterocycles. The van der Waals surface area contributed by atoms with Crippen LogP contribution in [-0.4, -0.2) is 40.0 Å². The summed E-state index contributed by atoms with van der Waals surface area (Å²) in [5, 5.41) is 1.07. The van der Waals surface area contributed by atoms with Gasteiger partial charge in [0, 0.05) is 31.6 Å². The summed E-state index contributed by atoms with van der Waals surface area (Å²) < 4.78 is 5.23. The molecule has 0 aliphatic rings. The van der Waals surface area contributed by atoms with Crippen LogP contribution in [0.3, 0.4) is 0 Å². The molecule has 2 aromatic heterocycles. The average molecular weight is 352 g/mol. The fourth-order valence-corrected chi connectivity index (χ4v) is 2.38. The van der Waals surface area contributed by atoms with Crippen LogP contribution in [0.4, 0.5) is 11.9 Å². The van der Waals surface area contributed by atoms with Gasteiger partial charge in [0.15, 0.2) is 12.4 Å². The third kappa shape index (κ3) is 4.41. The maximum atomic E-state index is 12.0. The second-order valence-electron chi connectivity index (χ2n) is 5.96. The van der Waals surface area contributed by atoms with Crippen LogP contribution in [0.5, 0.6) is 0 Å². The van der Waals surface area contributed by atoms with Gasteiger partial charge in [-0.15, -0.1) is 0 Å². The summed E-state index contributed by atoms with van der Waals surface area (Å²) in [6.07, 6.45) is 0.735. The zero-order valence-corrected chi connectivity index (χ0v) is 14.7. The molecule has 0 spiro atoms. The summed E-state index contributed by atoms with van der Waals surface area (Å²) >= 11 is 0. The SMILES string of the molecule is CN(C)c1nc(N)nc(COC(=O)CCc2ccc3ccccc3n2)n1. The van der Waals surface area contributed by atoms with Crippen molar-refractivity contribution in [1.29, 1.82) is 0 Å². The van der Waals surface area contributed by atoms with Crippen LogP contribution in [0.1, 0.15) is 17.9 Å². The number of benzene rings is 1. The van der Waals surface area contributed by atoms with Crippen LogP contribution in [-0.2, 0) is 22.6 Å². The molecule has 0 atom stereocenters. The molecule has 26 heavy (non-hydrogen) atoms. The highest BCUT2D eigenvalue weighted by Crippen LogP contribution is 2.13. The number of aryl methyl sites for hydroxylation is 1. The maximum absolute atomic E-state index is 12.0. The zero-order chi connectivity index (χ0) is 18.5. The van der Waals surface area contributed by atoms with E-state index >= 15 is 0 Å². The Kier molecular flexibility index (Phi) is 5.21. The summed E-state index contributed by atoms with van der Waals surface area (Å²) in [6, 6.07) is 11.8. The number of carbonyl (C=O) groups is 1. The van der Waals surface area contributed by atoms with Crippen LogP contribution in [0.2, 0.25) is 0 Å². The van der Waals surface area contributed by atoms with Crippen molar-refractivity contribution in [3.63, 3.8) is 0 Å². The molecule has 1 aromatic carbocycles. The van der Waals surface area contributed by atoms with Crippen molar-refractivity contribution in [2.45, 2.75) is 19.4 Å². The highest BCUT2D eigenvalue weighted by atomic mass is 16.5. The third-order valence-electron chi connectivity index (χ3n) is 3.69. The minimum absolute atomic E-state index is 0.0441. The van der Waals surface area contributed by atoms with E-state index in [4.69, 9.17) is 10.5 Å². The molecular weight excluding hydrogens is 332 g/mol. The number of carbonyl (C=O) groups excluding carboxylic acids is 1. The van der Waals surface area contributed by atoms with Gasteiger partial charge >= 0.3 is 5.97 Å². The van der Waals surface area contributed by atoms with Gasteiger partial charge in [0.2, 0.25) is 11.9 Å². The van der Waals surface area contributed by atoms with Crippen molar-refractivity contribution >= 4 is 28.8 Å². The first-order valence-corrected chi connectivity index (χ1v) is 8.19. The van der Waals surface area contributed by atoms with Gasteiger partial charge in [-0.3, -0.25) is 9.78 Å². The smallest absolute Gasteiger partial charge is 0.306 e. The van der Waals surface area contributed by atoms with Crippen LogP contribution in [0, 0.1) is 0 Å². The Morgan fingerprint density at radius 3 is 2.69 bits per heavy atom. The van der Waals surface area contributed by atoms with Gasteiger partial charge in [-0.05, 0) is 12.1 Å². The number of nitrogens with two attached hydrogens (primary N) is 1. The number of pyridine rings is 1. The van der Waals surface area contributed by atoms with Gasteiger partial charge in [-0.1, -0.05) is 24.3 Å². The minimum atomic E-state index is -0.342. The van der Waals surface area contributed by atoms with Crippen molar-refractivity contribution in [3.05, 3.63) is 47.9 Å². The highest BCUT2D eigenvalue weighted by Gasteiger charge is 2.10. The molecule has 0 saturated heterocycles. The molecule has 0 fully saturated rings. The molecule has 8 nitrogen and oxygen atoms in total. The number of aromatic nitrogens is 4. The van der Waals surface area contributed by atoms with E-state index < -0.39 is 0 Å². The number of ether oxygens (including phenoxy) is 1. The Morgan fingerprint density at radius 1 is 1.08 bits per heavy atom. The quantitative estimate of drug-likeness (QED) is 0.669. The Hall–Kier alpha value is -3.29. The van der Waals surface area contributed by atoms with Crippen LogP contribution >= 0.6 is 0 Å². The summed E-state index contributed by atoms with van der Waals surface area (Å²) in [6.45, 7) is -0.0441. The first-order valence-electron chi connectivity index (χ1n) is 8.19. The molecule has 0 bridgehead atoms. The molecular formula is C18H20N6O2. The largest absolute Gasteiger partial charge is 0.457 e. The number of nitrogens with zero attached hydrogens (tertiary/aromatic N) is 5. The first kappa shape index (κ1) is 17.5. The van der Waals surface area contributed by atoms with E-state index in [0.29, 0.717) is 18.2 Å². The number of hydrogen-bond acceptors (Lipinski definition) is 8. The molecule has 3 aromatic rings. The highest BCUT2D eigenvalue weighted by molar-refractivity contribution is 5.78.